The van der Waals surface area contributed by atoms with Gasteiger partial charge in [-0.3, -0.25) is 4.79 Å². The molecule has 4 nitrogen and oxygen atoms in total. The quantitative estimate of drug-likeness (QED) is 0.898. The first kappa shape index (κ1) is 12.1. The highest BCUT2D eigenvalue weighted by Crippen LogP contribution is 2.15. The molecule has 0 radical (unpaired) electrons. The molecule has 1 aromatic carbocycles. The Kier molecular flexibility index (Phi) is 3.28. The minimum atomic E-state index is -1.04. The predicted octanol–water partition coefficient (Wildman–Crippen LogP) is 2.16. The Hall–Kier alpha value is -2.36. The molecule has 0 saturated heterocycles. The van der Waals surface area contributed by atoms with Crippen molar-refractivity contribution in [3.63, 3.8) is 0 Å². The number of benzene rings is 1. The van der Waals surface area contributed by atoms with Crippen molar-refractivity contribution in [1.29, 1.82) is 0 Å². The van der Waals surface area contributed by atoms with Gasteiger partial charge < -0.3 is 9.67 Å². The number of nitrogens with zero attached hydrogens (tertiary/aromatic N) is 1. The normalized spacial score (nSPS) is 12.1. The van der Waals surface area contributed by atoms with Crippen LogP contribution in [0.1, 0.15) is 28.9 Å². The van der Waals surface area contributed by atoms with E-state index in [0.29, 0.717) is 0 Å². The van der Waals surface area contributed by atoms with E-state index in [4.69, 9.17) is 5.11 Å². The molecule has 0 aliphatic rings. The first-order chi connectivity index (χ1) is 8.59. The second kappa shape index (κ2) is 4.87. The number of carboxylic acids is 1. The van der Waals surface area contributed by atoms with E-state index in [0.717, 1.165) is 5.56 Å². The monoisotopic (exact) mass is 243 g/mol. The van der Waals surface area contributed by atoms with Gasteiger partial charge in [-0.25, -0.2) is 4.79 Å². The zero-order valence-electron chi connectivity index (χ0n) is 9.91. The highest BCUT2D eigenvalue weighted by Gasteiger charge is 2.11. The third-order valence-corrected chi connectivity index (χ3v) is 2.88. The lowest BCUT2D eigenvalue weighted by molar-refractivity contribution is 0.0695. The van der Waals surface area contributed by atoms with Crippen molar-refractivity contribution in [3.8, 4) is 0 Å². The zero-order valence-corrected chi connectivity index (χ0v) is 9.91. The van der Waals surface area contributed by atoms with Crippen LogP contribution in [-0.2, 0) is 0 Å². The molecule has 1 atom stereocenters. The van der Waals surface area contributed by atoms with E-state index in [-0.39, 0.29) is 17.2 Å². The second-order valence-electron chi connectivity index (χ2n) is 4.06. The molecule has 18 heavy (non-hydrogen) atoms. The summed E-state index contributed by atoms with van der Waals surface area (Å²) in [6.45, 7) is 1.86. The van der Waals surface area contributed by atoms with Gasteiger partial charge in [0.25, 0.3) is 5.56 Å². The summed E-state index contributed by atoms with van der Waals surface area (Å²) in [4.78, 5) is 22.7. The van der Waals surface area contributed by atoms with Crippen LogP contribution in [0.3, 0.4) is 0 Å². The van der Waals surface area contributed by atoms with Gasteiger partial charge >= 0.3 is 5.97 Å². The lowest BCUT2D eigenvalue weighted by Gasteiger charge is -2.15. The van der Waals surface area contributed by atoms with Crippen molar-refractivity contribution in [1.82, 2.24) is 4.57 Å². The molecule has 92 valence electrons. The molecule has 0 saturated carbocycles. The third-order valence-electron chi connectivity index (χ3n) is 2.88. The molecule has 0 unspecified atom stereocenters. The number of pyridine rings is 1. The molecule has 0 bridgehead atoms. The van der Waals surface area contributed by atoms with Gasteiger partial charge in [-0.1, -0.05) is 30.3 Å². The Bertz CT molecular complexity index is 616. The summed E-state index contributed by atoms with van der Waals surface area (Å²) in [6.07, 6.45) is 1.38. The van der Waals surface area contributed by atoms with Gasteiger partial charge in [0.1, 0.15) is 0 Å². The molecular formula is C14H13NO3. The van der Waals surface area contributed by atoms with Gasteiger partial charge in [0.05, 0.1) is 11.6 Å². The molecule has 1 aromatic heterocycles. The Labute approximate surface area is 104 Å². The SMILES string of the molecule is C[C@@H](c1ccccc1)n1cc(C(=O)O)ccc1=O. The molecular weight excluding hydrogens is 230 g/mol. The van der Waals surface area contributed by atoms with Crippen LogP contribution in [-0.4, -0.2) is 15.6 Å². The lowest BCUT2D eigenvalue weighted by atomic mass is 10.1. The maximum atomic E-state index is 11.8. The Morgan fingerprint density at radius 2 is 1.83 bits per heavy atom. The molecule has 0 aliphatic carbocycles. The van der Waals surface area contributed by atoms with Gasteiger partial charge in [-0.05, 0) is 18.6 Å². The van der Waals surface area contributed by atoms with Crippen LogP contribution in [0.4, 0.5) is 0 Å². The third kappa shape index (κ3) is 2.32. The van der Waals surface area contributed by atoms with E-state index in [1.807, 2.05) is 37.3 Å². The van der Waals surface area contributed by atoms with E-state index >= 15 is 0 Å². The van der Waals surface area contributed by atoms with Gasteiger partial charge in [-0.15, -0.1) is 0 Å². The summed E-state index contributed by atoms with van der Waals surface area (Å²) in [6, 6.07) is 11.9. The highest BCUT2D eigenvalue weighted by atomic mass is 16.4. The van der Waals surface area contributed by atoms with Crippen molar-refractivity contribution in [2.24, 2.45) is 0 Å². The molecule has 2 aromatic rings. The molecule has 0 spiro atoms. The fraction of sp³-hybridized carbons (Fsp3) is 0.143. The predicted molar refractivity (Wildman–Crippen MR) is 67.9 cm³/mol. The number of rotatable bonds is 3. The van der Waals surface area contributed by atoms with Crippen LogP contribution in [0.5, 0.6) is 0 Å². The number of carbonyl (C=O) groups is 1. The fourth-order valence-electron chi connectivity index (χ4n) is 1.82. The van der Waals surface area contributed by atoms with Crippen molar-refractivity contribution in [2.75, 3.05) is 0 Å². The van der Waals surface area contributed by atoms with Gasteiger partial charge in [0.2, 0.25) is 0 Å². The first-order valence-corrected chi connectivity index (χ1v) is 5.60. The fourth-order valence-corrected chi connectivity index (χ4v) is 1.82. The van der Waals surface area contributed by atoms with Crippen LogP contribution in [0.25, 0.3) is 0 Å². The summed E-state index contributed by atoms with van der Waals surface area (Å²) in [5, 5.41) is 8.94. The number of aromatic carboxylic acids is 1. The van der Waals surface area contributed by atoms with Crippen LogP contribution < -0.4 is 5.56 Å². The minimum absolute atomic E-state index is 0.109. The van der Waals surface area contributed by atoms with Gasteiger partial charge in [0, 0.05) is 12.3 Å². The zero-order chi connectivity index (χ0) is 13.1. The standard InChI is InChI=1S/C14H13NO3/c1-10(11-5-3-2-4-6-11)15-9-12(14(17)18)7-8-13(15)16/h2-10H,1H3,(H,17,18)/t10-/m0/s1. The summed E-state index contributed by atoms with van der Waals surface area (Å²) in [5.74, 6) is -1.04. The molecule has 4 heteroatoms. The lowest BCUT2D eigenvalue weighted by Crippen LogP contribution is -2.23. The number of hydrogen-bond donors (Lipinski definition) is 1. The van der Waals surface area contributed by atoms with Crippen LogP contribution in [0.15, 0.2) is 53.5 Å². The summed E-state index contributed by atoms with van der Waals surface area (Å²) >= 11 is 0. The van der Waals surface area contributed by atoms with Crippen molar-refractivity contribution in [2.45, 2.75) is 13.0 Å². The van der Waals surface area contributed by atoms with Crippen molar-refractivity contribution >= 4 is 5.97 Å². The average molecular weight is 243 g/mol. The van der Waals surface area contributed by atoms with E-state index in [1.165, 1.54) is 22.9 Å². The van der Waals surface area contributed by atoms with Crippen LogP contribution >= 0.6 is 0 Å². The van der Waals surface area contributed by atoms with E-state index in [2.05, 4.69) is 0 Å². The Morgan fingerprint density at radius 3 is 2.44 bits per heavy atom. The molecule has 0 aliphatic heterocycles. The molecule has 1 heterocycles. The second-order valence-corrected chi connectivity index (χ2v) is 4.06. The van der Waals surface area contributed by atoms with Gasteiger partial charge in [0.15, 0.2) is 0 Å². The minimum Gasteiger partial charge on any atom is -0.478 e. The number of hydrogen-bond acceptors (Lipinski definition) is 2. The van der Waals surface area contributed by atoms with Crippen molar-refractivity contribution in [3.05, 3.63) is 70.1 Å². The molecule has 1 N–H and O–H groups in total. The van der Waals surface area contributed by atoms with Gasteiger partial charge in [-0.2, -0.15) is 0 Å². The molecule has 0 fully saturated rings. The largest absolute Gasteiger partial charge is 0.478 e. The maximum Gasteiger partial charge on any atom is 0.337 e. The smallest absolute Gasteiger partial charge is 0.337 e. The summed E-state index contributed by atoms with van der Waals surface area (Å²) in [7, 11) is 0. The topological polar surface area (TPSA) is 59.3 Å². The summed E-state index contributed by atoms with van der Waals surface area (Å²) in [5.41, 5.74) is 0.857. The van der Waals surface area contributed by atoms with Crippen LogP contribution in [0, 0.1) is 0 Å². The highest BCUT2D eigenvalue weighted by molar-refractivity contribution is 5.87. The maximum absolute atomic E-state index is 11.8. The first-order valence-electron chi connectivity index (χ1n) is 5.60. The van der Waals surface area contributed by atoms with Crippen LogP contribution in [0.2, 0.25) is 0 Å². The van der Waals surface area contributed by atoms with E-state index < -0.39 is 5.97 Å². The van der Waals surface area contributed by atoms with Crippen molar-refractivity contribution < 1.29 is 9.90 Å². The average Bonchev–Trinajstić information content (AvgIpc) is 2.39. The Morgan fingerprint density at radius 1 is 1.17 bits per heavy atom. The Balaban J connectivity index is 2.48. The number of carboxylic acid groups (broad SMARTS) is 1. The van der Waals surface area contributed by atoms with E-state index in [1.54, 1.807) is 0 Å². The molecule has 2 rings (SSSR count). The molecule has 0 amide bonds. The van der Waals surface area contributed by atoms with E-state index in [9.17, 15) is 9.59 Å². The summed E-state index contributed by atoms with van der Waals surface area (Å²) < 4.78 is 1.43. The number of aromatic nitrogens is 1.